The fourth-order valence-corrected chi connectivity index (χ4v) is 0.607. The lowest BCUT2D eigenvalue weighted by Gasteiger charge is -2.15. The number of nitrogens with two attached hydrogens (primary N) is 1. The summed E-state index contributed by atoms with van der Waals surface area (Å²) < 4.78 is 0. The second-order valence-corrected chi connectivity index (χ2v) is 2.85. The number of carbonyl (C=O) groups is 1. The Kier molecular flexibility index (Phi) is 3.53. The summed E-state index contributed by atoms with van der Waals surface area (Å²) in [5.41, 5.74) is 5.45. The summed E-state index contributed by atoms with van der Waals surface area (Å²) in [4.78, 5) is 10.9. The van der Waals surface area contributed by atoms with Crippen molar-refractivity contribution in [3.63, 3.8) is 0 Å². The van der Waals surface area contributed by atoms with E-state index in [2.05, 4.69) is 0 Å². The van der Waals surface area contributed by atoms with Crippen molar-refractivity contribution in [1.82, 2.24) is 0 Å². The number of hydrogen-bond acceptors (Lipinski definition) is 3. The highest BCUT2D eigenvalue weighted by Gasteiger charge is 2.20. The maximum Gasteiger partial charge on any atom is 0.177 e. The molecule has 0 saturated carbocycles. The highest BCUT2D eigenvalue weighted by atomic mass is 16.3. The Bertz CT molecular complexity index is 121. The van der Waals surface area contributed by atoms with E-state index in [4.69, 9.17) is 10.8 Å². The van der Waals surface area contributed by atoms with Crippen LogP contribution in [-0.2, 0) is 4.79 Å². The number of carbonyl (C=O) groups excluding carboxylic acids is 1. The molecule has 2 unspecified atom stereocenters. The third-order valence-corrected chi connectivity index (χ3v) is 1.46. The Morgan fingerprint density at radius 1 is 1.40 bits per heavy atom. The van der Waals surface area contributed by atoms with E-state index in [1.807, 2.05) is 13.8 Å². The van der Waals surface area contributed by atoms with Crippen molar-refractivity contribution in [2.45, 2.75) is 32.9 Å². The lowest BCUT2D eigenvalue weighted by molar-refractivity contribution is -0.128. The van der Waals surface area contributed by atoms with Gasteiger partial charge in [-0.1, -0.05) is 13.8 Å². The highest BCUT2D eigenvalue weighted by molar-refractivity contribution is 5.87. The van der Waals surface area contributed by atoms with Crippen molar-refractivity contribution in [2.24, 2.45) is 11.7 Å². The Morgan fingerprint density at radius 2 is 1.80 bits per heavy atom. The fourth-order valence-electron chi connectivity index (χ4n) is 0.607. The lowest BCUT2D eigenvalue weighted by atomic mass is 9.98. The average molecular weight is 145 g/mol. The minimum atomic E-state index is -0.933. The average Bonchev–Trinajstić information content (AvgIpc) is 1.84. The molecule has 0 radical (unpaired) electrons. The summed E-state index contributed by atoms with van der Waals surface area (Å²) in [6.45, 7) is 5.14. The van der Waals surface area contributed by atoms with Gasteiger partial charge in [0.1, 0.15) is 6.10 Å². The molecule has 3 nitrogen and oxygen atoms in total. The van der Waals surface area contributed by atoms with Crippen molar-refractivity contribution in [3.05, 3.63) is 0 Å². The molecule has 60 valence electrons. The summed E-state index contributed by atoms with van der Waals surface area (Å²) in [5, 5.41) is 8.81. The summed E-state index contributed by atoms with van der Waals surface area (Å²) in [5.74, 6) is -0.183. The molecule has 3 heteroatoms. The summed E-state index contributed by atoms with van der Waals surface area (Å²) in [6.07, 6.45) is -0.933. The van der Waals surface area contributed by atoms with Gasteiger partial charge in [-0.25, -0.2) is 0 Å². The molecule has 0 rings (SSSR count). The maximum absolute atomic E-state index is 10.9. The van der Waals surface area contributed by atoms with E-state index in [-0.39, 0.29) is 11.7 Å². The normalized spacial score (nSPS) is 17.0. The van der Waals surface area contributed by atoms with Gasteiger partial charge in [0.05, 0.1) is 6.04 Å². The van der Waals surface area contributed by atoms with Crippen molar-refractivity contribution < 1.29 is 9.90 Å². The zero-order chi connectivity index (χ0) is 8.31. The molecule has 0 aliphatic rings. The van der Waals surface area contributed by atoms with Gasteiger partial charge in [0, 0.05) is 0 Å². The van der Waals surface area contributed by atoms with Crippen LogP contribution in [0.1, 0.15) is 20.8 Å². The first-order valence-electron chi connectivity index (χ1n) is 3.44. The molecule has 0 aromatic heterocycles. The van der Waals surface area contributed by atoms with Crippen molar-refractivity contribution >= 4 is 5.78 Å². The van der Waals surface area contributed by atoms with Crippen molar-refractivity contribution in [3.8, 4) is 0 Å². The second-order valence-electron chi connectivity index (χ2n) is 2.85. The van der Waals surface area contributed by atoms with Gasteiger partial charge in [-0.3, -0.25) is 4.79 Å². The SMILES string of the molecule is CC(O)C(=O)C(N)C(C)C. The van der Waals surface area contributed by atoms with Crippen LogP contribution in [0.5, 0.6) is 0 Å². The van der Waals surface area contributed by atoms with E-state index >= 15 is 0 Å². The third kappa shape index (κ3) is 2.45. The van der Waals surface area contributed by atoms with Crippen LogP contribution < -0.4 is 5.73 Å². The number of Topliss-reactive ketones (excluding diaryl/α,β-unsaturated/α-hetero) is 1. The molecule has 0 aliphatic heterocycles. The van der Waals surface area contributed by atoms with Crippen LogP contribution in [0.15, 0.2) is 0 Å². The molecule has 0 fully saturated rings. The zero-order valence-corrected chi connectivity index (χ0v) is 6.66. The quantitative estimate of drug-likeness (QED) is 0.584. The van der Waals surface area contributed by atoms with Crippen LogP contribution in [0, 0.1) is 5.92 Å². The molecule has 0 aliphatic carbocycles. The van der Waals surface area contributed by atoms with Gasteiger partial charge in [-0.15, -0.1) is 0 Å². The molecular formula is C7H15NO2. The van der Waals surface area contributed by atoms with E-state index in [9.17, 15) is 4.79 Å². The molecule has 0 saturated heterocycles. The molecule has 0 bridgehead atoms. The molecule has 10 heavy (non-hydrogen) atoms. The lowest BCUT2D eigenvalue weighted by Crippen LogP contribution is -2.41. The first-order chi connectivity index (χ1) is 4.46. The second kappa shape index (κ2) is 3.68. The Labute approximate surface area is 61.2 Å². The number of hydrogen-bond donors (Lipinski definition) is 2. The molecule has 0 aromatic carbocycles. The van der Waals surface area contributed by atoms with Gasteiger partial charge in [-0.05, 0) is 12.8 Å². The van der Waals surface area contributed by atoms with Gasteiger partial charge in [-0.2, -0.15) is 0 Å². The fraction of sp³-hybridized carbons (Fsp3) is 0.857. The smallest absolute Gasteiger partial charge is 0.177 e. The molecule has 2 atom stereocenters. The van der Waals surface area contributed by atoms with Gasteiger partial charge in [0.25, 0.3) is 0 Å². The summed E-state index contributed by atoms with van der Waals surface area (Å²) in [7, 11) is 0. The number of rotatable bonds is 3. The van der Waals surface area contributed by atoms with Gasteiger partial charge in [0.15, 0.2) is 5.78 Å². The topological polar surface area (TPSA) is 63.3 Å². The third-order valence-electron chi connectivity index (χ3n) is 1.46. The highest BCUT2D eigenvalue weighted by Crippen LogP contribution is 2.01. The molecule has 3 N–H and O–H groups in total. The Morgan fingerprint density at radius 3 is 1.90 bits per heavy atom. The van der Waals surface area contributed by atoms with Crippen molar-refractivity contribution in [1.29, 1.82) is 0 Å². The Hall–Kier alpha value is -0.410. The first-order valence-corrected chi connectivity index (χ1v) is 3.44. The standard InChI is InChI=1S/C7H15NO2/c1-4(2)6(8)7(10)5(3)9/h4-6,9H,8H2,1-3H3. The number of aliphatic hydroxyl groups is 1. The van der Waals surface area contributed by atoms with Gasteiger partial charge in [0.2, 0.25) is 0 Å². The van der Waals surface area contributed by atoms with Crippen LogP contribution in [-0.4, -0.2) is 23.0 Å². The van der Waals surface area contributed by atoms with Crippen LogP contribution in [0.2, 0.25) is 0 Å². The largest absolute Gasteiger partial charge is 0.386 e. The van der Waals surface area contributed by atoms with Crippen LogP contribution in [0.3, 0.4) is 0 Å². The van der Waals surface area contributed by atoms with Crippen LogP contribution in [0.25, 0.3) is 0 Å². The Balaban J connectivity index is 3.95. The van der Waals surface area contributed by atoms with Gasteiger partial charge < -0.3 is 10.8 Å². The minimum absolute atomic E-state index is 0.0992. The predicted molar refractivity (Wildman–Crippen MR) is 39.5 cm³/mol. The van der Waals surface area contributed by atoms with E-state index in [1.165, 1.54) is 6.92 Å². The predicted octanol–water partition coefficient (Wildman–Crippen LogP) is -0.0804. The van der Waals surface area contributed by atoms with E-state index in [1.54, 1.807) is 0 Å². The first kappa shape index (κ1) is 9.59. The number of aliphatic hydroxyl groups excluding tert-OH is 1. The summed E-state index contributed by atoms with van der Waals surface area (Å²) in [6, 6.07) is -0.528. The van der Waals surface area contributed by atoms with E-state index < -0.39 is 12.1 Å². The maximum atomic E-state index is 10.9. The number of ketones is 1. The van der Waals surface area contributed by atoms with Crippen LogP contribution >= 0.6 is 0 Å². The molecule has 0 aromatic rings. The molecule has 0 heterocycles. The van der Waals surface area contributed by atoms with Crippen molar-refractivity contribution in [2.75, 3.05) is 0 Å². The van der Waals surface area contributed by atoms with Crippen LogP contribution in [0.4, 0.5) is 0 Å². The minimum Gasteiger partial charge on any atom is -0.386 e. The zero-order valence-electron chi connectivity index (χ0n) is 6.66. The summed E-state index contributed by atoms with van der Waals surface area (Å²) >= 11 is 0. The molecular weight excluding hydrogens is 130 g/mol. The van der Waals surface area contributed by atoms with E-state index in [0.717, 1.165) is 0 Å². The monoisotopic (exact) mass is 145 g/mol. The molecule has 0 amide bonds. The molecule has 0 spiro atoms. The van der Waals surface area contributed by atoms with Gasteiger partial charge >= 0.3 is 0 Å². The van der Waals surface area contributed by atoms with E-state index in [0.29, 0.717) is 0 Å².